The van der Waals surface area contributed by atoms with Gasteiger partial charge in [-0.05, 0) is 12.1 Å². The van der Waals surface area contributed by atoms with Crippen molar-refractivity contribution >= 4 is 11.8 Å². The molecule has 92 valence electrons. The van der Waals surface area contributed by atoms with Crippen molar-refractivity contribution in [1.82, 2.24) is 5.32 Å². The summed E-state index contributed by atoms with van der Waals surface area (Å²) in [5, 5.41) is 10.9. The van der Waals surface area contributed by atoms with Crippen LogP contribution in [0.2, 0.25) is 0 Å². The molecule has 0 bridgehead atoms. The number of benzene rings is 1. The van der Waals surface area contributed by atoms with E-state index in [4.69, 9.17) is 15.6 Å². The van der Waals surface area contributed by atoms with Crippen molar-refractivity contribution in [2.75, 3.05) is 19.8 Å². The molecule has 6 heteroatoms. The monoisotopic (exact) mass is 238 g/mol. The van der Waals surface area contributed by atoms with E-state index in [0.29, 0.717) is 0 Å². The van der Waals surface area contributed by atoms with Gasteiger partial charge >= 0.3 is 0 Å². The second kappa shape index (κ2) is 6.49. The lowest BCUT2D eigenvalue weighted by atomic mass is 10.2. The second-order valence-electron chi connectivity index (χ2n) is 3.22. The van der Waals surface area contributed by atoms with E-state index in [0.717, 1.165) is 0 Å². The molecule has 1 rings (SSSR count). The summed E-state index contributed by atoms with van der Waals surface area (Å²) in [6, 6.07) is 6.40. The number of nitrogens with one attached hydrogen (secondary N) is 1. The summed E-state index contributed by atoms with van der Waals surface area (Å²) in [5.74, 6) is -0.728. The number of primary amides is 1. The Morgan fingerprint density at radius 3 is 2.71 bits per heavy atom. The molecule has 17 heavy (non-hydrogen) atoms. The number of aliphatic hydroxyl groups excluding tert-OH is 1. The lowest BCUT2D eigenvalue weighted by Crippen LogP contribution is -2.31. The van der Waals surface area contributed by atoms with Gasteiger partial charge in [0.05, 0.1) is 12.2 Å². The van der Waals surface area contributed by atoms with Crippen molar-refractivity contribution in [3.05, 3.63) is 29.8 Å². The lowest BCUT2D eigenvalue weighted by Gasteiger charge is -2.09. The molecule has 4 N–H and O–H groups in total. The van der Waals surface area contributed by atoms with Gasteiger partial charge in [0, 0.05) is 6.54 Å². The molecule has 0 aliphatic rings. The number of aliphatic hydroxyl groups is 1. The van der Waals surface area contributed by atoms with Crippen LogP contribution in [0.5, 0.6) is 5.75 Å². The summed E-state index contributed by atoms with van der Waals surface area (Å²) in [4.78, 5) is 22.2. The van der Waals surface area contributed by atoms with E-state index < -0.39 is 5.91 Å². The van der Waals surface area contributed by atoms with Crippen LogP contribution >= 0.6 is 0 Å². The first-order chi connectivity index (χ1) is 8.15. The summed E-state index contributed by atoms with van der Waals surface area (Å²) >= 11 is 0. The first-order valence-corrected chi connectivity index (χ1v) is 5.04. The van der Waals surface area contributed by atoms with E-state index in [-0.39, 0.29) is 37.0 Å². The van der Waals surface area contributed by atoms with Gasteiger partial charge in [0.1, 0.15) is 5.75 Å². The summed E-state index contributed by atoms with van der Waals surface area (Å²) in [6.45, 7) is -0.201. The minimum Gasteiger partial charge on any atom is -0.483 e. The van der Waals surface area contributed by atoms with E-state index in [1.165, 1.54) is 6.07 Å². The molecule has 6 nitrogen and oxygen atoms in total. The molecule has 1 aromatic carbocycles. The van der Waals surface area contributed by atoms with Gasteiger partial charge in [-0.1, -0.05) is 12.1 Å². The van der Waals surface area contributed by atoms with Gasteiger partial charge in [-0.25, -0.2) is 0 Å². The molecule has 0 radical (unpaired) electrons. The van der Waals surface area contributed by atoms with Crippen LogP contribution in [0.15, 0.2) is 24.3 Å². The largest absolute Gasteiger partial charge is 0.483 e. The van der Waals surface area contributed by atoms with Crippen LogP contribution in [0.3, 0.4) is 0 Å². The molecule has 0 saturated carbocycles. The van der Waals surface area contributed by atoms with Gasteiger partial charge in [0.15, 0.2) is 6.61 Å². The predicted molar refractivity (Wildman–Crippen MR) is 60.6 cm³/mol. The fourth-order valence-corrected chi connectivity index (χ4v) is 1.19. The molecule has 1 aromatic rings. The zero-order valence-corrected chi connectivity index (χ0v) is 9.18. The molecule has 0 spiro atoms. The molecule has 0 heterocycles. The van der Waals surface area contributed by atoms with Crippen molar-refractivity contribution < 1.29 is 19.4 Å². The van der Waals surface area contributed by atoms with E-state index in [1.807, 2.05) is 0 Å². The molecule has 0 atom stereocenters. The van der Waals surface area contributed by atoms with Crippen LogP contribution in [-0.4, -0.2) is 36.7 Å². The van der Waals surface area contributed by atoms with Crippen LogP contribution in [0.4, 0.5) is 0 Å². The van der Waals surface area contributed by atoms with Gasteiger partial charge < -0.3 is 20.9 Å². The van der Waals surface area contributed by atoms with Gasteiger partial charge in [-0.2, -0.15) is 0 Å². The maximum Gasteiger partial charge on any atom is 0.258 e. The molecule has 0 aliphatic heterocycles. The Labute approximate surface area is 98.4 Å². The zero-order chi connectivity index (χ0) is 12.7. The predicted octanol–water partition coefficient (Wildman–Crippen LogP) is -0.727. The molecule has 2 amide bonds. The first kappa shape index (κ1) is 13.0. The molecule has 0 fully saturated rings. The van der Waals surface area contributed by atoms with Crippen LogP contribution in [0.1, 0.15) is 10.4 Å². The van der Waals surface area contributed by atoms with Crippen molar-refractivity contribution in [1.29, 1.82) is 0 Å². The third-order valence-electron chi connectivity index (χ3n) is 1.95. The summed E-state index contributed by atoms with van der Waals surface area (Å²) in [6.07, 6.45) is 0. The van der Waals surface area contributed by atoms with Gasteiger partial charge in [0.2, 0.25) is 0 Å². The number of carbonyl (C=O) groups is 2. The van der Waals surface area contributed by atoms with Gasteiger partial charge in [0.25, 0.3) is 11.8 Å². The SMILES string of the molecule is NC(=O)c1ccccc1OCC(=O)NCCO. The Balaban J connectivity index is 2.57. The smallest absolute Gasteiger partial charge is 0.258 e. The van der Waals surface area contributed by atoms with E-state index in [9.17, 15) is 9.59 Å². The highest BCUT2D eigenvalue weighted by Crippen LogP contribution is 2.16. The normalized spacial score (nSPS) is 9.71. The average molecular weight is 238 g/mol. The molecular formula is C11H14N2O4. The molecule has 0 saturated heterocycles. The summed E-state index contributed by atoms with van der Waals surface area (Å²) < 4.78 is 5.16. The Hall–Kier alpha value is -2.08. The van der Waals surface area contributed by atoms with Crippen molar-refractivity contribution in [2.24, 2.45) is 5.73 Å². The number of hydrogen-bond donors (Lipinski definition) is 3. The van der Waals surface area contributed by atoms with Crippen LogP contribution in [0, 0.1) is 0 Å². The van der Waals surface area contributed by atoms with Crippen LogP contribution < -0.4 is 15.8 Å². The van der Waals surface area contributed by atoms with E-state index >= 15 is 0 Å². The lowest BCUT2D eigenvalue weighted by molar-refractivity contribution is -0.123. The second-order valence-corrected chi connectivity index (χ2v) is 3.22. The fraction of sp³-hybridized carbons (Fsp3) is 0.273. The van der Waals surface area contributed by atoms with E-state index in [2.05, 4.69) is 5.32 Å². The number of carbonyl (C=O) groups excluding carboxylic acids is 2. The van der Waals surface area contributed by atoms with Gasteiger partial charge in [-0.15, -0.1) is 0 Å². The number of nitrogens with two attached hydrogens (primary N) is 1. The number of para-hydroxylation sites is 1. The quantitative estimate of drug-likeness (QED) is 0.608. The zero-order valence-electron chi connectivity index (χ0n) is 9.18. The average Bonchev–Trinajstić information content (AvgIpc) is 2.34. The van der Waals surface area contributed by atoms with Crippen molar-refractivity contribution in [2.45, 2.75) is 0 Å². The Morgan fingerprint density at radius 2 is 2.06 bits per heavy atom. The highest BCUT2D eigenvalue weighted by atomic mass is 16.5. The minimum absolute atomic E-state index is 0.135. The Morgan fingerprint density at radius 1 is 1.35 bits per heavy atom. The number of rotatable bonds is 6. The van der Waals surface area contributed by atoms with Crippen molar-refractivity contribution in [3.8, 4) is 5.75 Å². The number of ether oxygens (including phenoxy) is 1. The standard InChI is InChI=1S/C11H14N2O4/c12-11(16)8-3-1-2-4-9(8)17-7-10(15)13-5-6-14/h1-4,14H,5-7H2,(H2,12,16)(H,13,15). The van der Waals surface area contributed by atoms with Crippen LogP contribution in [-0.2, 0) is 4.79 Å². The molecule has 0 aliphatic carbocycles. The summed E-state index contributed by atoms with van der Waals surface area (Å²) in [5.41, 5.74) is 5.37. The fourth-order valence-electron chi connectivity index (χ4n) is 1.19. The minimum atomic E-state index is -0.614. The topological polar surface area (TPSA) is 102 Å². The summed E-state index contributed by atoms with van der Waals surface area (Å²) in [7, 11) is 0. The first-order valence-electron chi connectivity index (χ1n) is 5.04. The molecule has 0 unspecified atom stereocenters. The number of amides is 2. The van der Waals surface area contributed by atoms with Crippen LogP contribution in [0.25, 0.3) is 0 Å². The highest BCUT2D eigenvalue weighted by Gasteiger charge is 2.09. The Kier molecular flexibility index (Phi) is 4.96. The third kappa shape index (κ3) is 4.12. The number of hydrogen-bond acceptors (Lipinski definition) is 4. The maximum atomic E-state index is 11.2. The third-order valence-corrected chi connectivity index (χ3v) is 1.95. The Bertz CT molecular complexity index is 406. The van der Waals surface area contributed by atoms with Crippen molar-refractivity contribution in [3.63, 3.8) is 0 Å². The highest BCUT2D eigenvalue weighted by molar-refractivity contribution is 5.95. The molecule has 0 aromatic heterocycles. The molecular weight excluding hydrogens is 224 g/mol. The van der Waals surface area contributed by atoms with E-state index in [1.54, 1.807) is 18.2 Å². The maximum absolute atomic E-state index is 11.2. The van der Waals surface area contributed by atoms with Gasteiger partial charge in [-0.3, -0.25) is 9.59 Å².